The lowest BCUT2D eigenvalue weighted by Crippen LogP contribution is -1.96. The first kappa shape index (κ1) is 9.73. The monoisotopic (exact) mass is 177 g/mol. The van der Waals surface area contributed by atoms with Crippen molar-refractivity contribution in [3.8, 4) is 6.07 Å². The van der Waals surface area contributed by atoms with Crippen LogP contribution >= 0.6 is 0 Å². The van der Waals surface area contributed by atoms with Gasteiger partial charge in [0.05, 0.1) is 11.6 Å². The van der Waals surface area contributed by atoms with Crippen LogP contribution in [-0.4, -0.2) is 0 Å². The van der Waals surface area contributed by atoms with Crippen molar-refractivity contribution in [3.05, 3.63) is 34.9 Å². The highest BCUT2D eigenvalue weighted by atomic mass is 19.1. The zero-order valence-corrected chi connectivity index (χ0v) is 7.84. The fourth-order valence-electron chi connectivity index (χ4n) is 1.35. The molecule has 1 rings (SSSR count). The molecule has 0 aliphatic rings. The minimum Gasteiger partial charge on any atom is -0.246 e. The van der Waals surface area contributed by atoms with E-state index in [2.05, 4.69) is 6.07 Å². The van der Waals surface area contributed by atoms with Gasteiger partial charge in [0, 0.05) is 5.56 Å². The molecule has 13 heavy (non-hydrogen) atoms. The maximum absolute atomic E-state index is 12.5. The van der Waals surface area contributed by atoms with Crippen LogP contribution in [0.3, 0.4) is 0 Å². The summed E-state index contributed by atoms with van der Waals surface area (Å²) in [6, 6.07) is 7.39. The van der Waals surface area contributed by atoms with Gasteiger partial charge in [-0.3, -0.25) is 0 Å². The number of nitriles is 1. The number of alkyl halides is 1. The summed E-state index contributed by atoms with van der Waals surface area (Å²) in [5.74, 6) is 0.265. The lowest BCUT2D eigenvalue weighted by Gasteiger charge is -2.09. The molecule has 0 saturated heterocycles. The van der Waals surface area contributed by atoms with Crippen molar-refractivity contribution >= 4 is 0 Å². The molecular weight excluding hydrogens is 165 g/mol. The average Bonchev–Trinajstić information content (AvgIpc) is 2.16. The van der Waals surface area contributed by atoms with E-state index in [1.54, 1.807) is 12.1 Å². The molecule has 0 aliphatic carbocycles. The smallest absolute Gasteiger partial charge is 0.116 e. The molecule has 68 valence electrons. The van der Waals surface area contributed by atoms with Crippen LogP contribution in [0.5, 0.6) is 0 Å². The minimum atomic E-state index is -0.566. The Morgan fingerprint density at radius 3 is 2.62 bits per heavy atom. The van der Waals surface area contributed by atoms with E-state index in [1.807, 2.05) is 19.9 Å². The summed E-state index contributed by atoms with van der Waals surface area (Å²) in [7, 11) is 0. The molecule has 0 atom stereocenters. The van der Waals surface area contributed by atoms with E-state index in [9.17, 15) is 4.39 Å². The fourth-order valence-corrected chi connectivity index (χ4v) is 1.35. The van der Waals surface area contributed by atoms with E-state index < -0.39 is 6.67 Å². The number of benzene rings is 1. The second kappa shape index (κ2) is 4.04. The third-order valence-corrected chi connectivity index (χ3v) is 2.06. The summed E-state index contributed by atoms with van der Waals surface area (Å²) in [6.07, 6.45) is 0. The van der Waals surface area contributed by atoms with Crippen LogP contribution in [0.1, 0.15) is 36.5 Å². The highest BCUT2D eigenvalue weighted by Gasteiger charge is 2.09. The molecule has 0 N–H and O–H groups in total. The van der Waals surface area contributed by atoms with Crippen LogP contribution < -0.4 is 0 Å². The van der Waals surface area contributed by atoms with Gasteiger partial charge in [-0.05, 0) is 11.5 Å². The van der Waals surface area contributed by atoms with Gasteiger partial charge in [0.15, 0.2) is 0 Å². The Balaban J connectivity index is 3.29. The Morgan fingerprint density at radius 1 is 1.46 bits per heavy atom. The molecular formula is C11H12FN. The van der Waals surface area contributed by atoms with Crippen LogP contribution in [0.2, 0.25) is 0 Å². The van der Waals surface area contributed by atoms with Crippen molar-refractivity contribution < 1.29 is 4.39 Å². The fraction of sp³-hybridized carbons (Fsp3) is 0.364. The molecule has 0 spiro atoms. The van der Waals surface area contributed by atoms with Crippen molar-refractivity contribution in [2.24, 2.45) is 0 Å². The van der Waals surface area contributed by atoms with E-state index >= 15 is 0 Å². The van der Waals surface area contributed by atoms with Gasteiger partial charge in [0.2, 0.25) is 0 Å². The summed E-state index contributed by atoms with van der Waals surface area (Å²) in [6.45, 7) is 3.43. The molecule has 0 heterocycles. The SMILES string of the molecule is CC(C)c1cccc(CF)c1C#N. The lowest BCUT2D eigenvalue weighted by molar-refractivity contribution is 0.484. The molecule has 0 aliphatic heterocycles. The van der Waals surface area contributed by atoms with Gasteiger partial charge in [-0.1, -0.05) is 32.0 Å². The van der Waals surface area contributed by atoms with Crippen LogP contribution in [0.25, 0.3) is 0 Å². The van der Waals surface area contributed by atoms with Gasteiger partial charge < -0.3 is 0 Å². The molecule has 1 aromatic carbocycles. The highest BCUT2D eigenvalue weighted by molar-refractivity contribution is 5.45. The van der Waals surface area contributed by atoms with E-state index in [4.69, 9.17) is 5.26 Å². The largest absolute Gasteiger partial charge is 0.246 e. The Kier molecular flexibility index (Phi) is 3.02. The first-order valence-corrected chi connectivity index (χ1v) is 4.28. The van der Waals surface area contributed by atoms with Crippen molar-refractivity contribution in [2.45, 2.75) is 26.4 Å². The third kappa shape index (κ3) is 1.86. The second-order valence-corrected chi connectivity index (χ2v) is 3.28. The number of hydrogen-bond donors (Lipinski definition) is 0. The minimum absolute atomic E-state index is 0.265. The molecule has 1 aromatic rings. The van der Waals surface area contributed by atoms with E-state index in [0.29, 0.717) is 11.1 Å². The first-order valence-electron chi connectivity index (χ1n) is 4.28. The van der Waals surface area contributed by atoms with Gasteiger partial charge in [0.25, 0.3) is 0 Å². The van der Waals surface area contributed by atoms with Crippen LogP contribution in [-0.2, 0) is 6.67 Å². The predicted molar refractivity (Wildman–Crippen MR) is 50.1 cm³/mol. The number of hydrogen-bond acceptors (Lipinski definition) is 1. The lowest BCUT2D eigenvalue weighted by atomic mass is 9.94. The molecule has 0 radical (unpaired) electrons. The molecule has 1 nitrogen and oxygen atoms in total. The quantitative estimate of drug-likeness (QED) is 0.680. The van der Waals surface area contributed by atoms with Gasteiger partial charge in [-0.25, -0.2) is 4.39 Å². The van der Waals surface area contributed by atoms with Crippen molar-refractivity contribution in [1.29, 1.82) is 5.26 Å². The van der Waals surface area contributed by atoms with Crippen molar-refractivity contribution in [3.63, 3.8) is 0 Å². The molecule has 0 fully saturated rings. The average molecular weight is 177 g/mol. The summed E-state index contributed by atoms with van der Waals surface area (Å²) in [5, 5.41) is 8.86. The molecule has 0 amide bonds. The Morgan fingerprint density at radius 2 is 2.15 bits per heavy atom. The summed E-state index contributed by atoms with van der Waals surface area (Å²) >= 11 is 0. The number of nitrogens with zero attached hydrogens (tertiary/aromatic N) is 1. The molecule has 0 unspecified atom stereocenters. The van der Waals surface area contributed by atoms with Crippen LogP contribution in [0.4, 0.5) is 4.39 Å². The Bertz CT molecular complexity index is 336. The standard InChI is InChI=1S/C11H12FN/c1-8(2)10-5-3-4-9(6-12)11(10)7-13/h3-5,8H,6H2,1-2H3. The van der Waals surface area contributed by atoms with Gasteiger partial charge >= 0.3 is 0 Å². The maximum Gasteiger partial charge on any atom is 0.116 e. The van der Waals surface area contributed by atoms with Crippen LogP contribution in [0, 0.1) is 11.3 Å². The highest BCUT2D eigenvalue weighted by Crippen LogP contribution is 2.22. The predicted octanol–water partition coefficient (Wildman–Crippen LogP) is 3.15. The number of rotatable bonds is 2. The molecule has 0 saturated carbocycles. The molecule has 0 bridgehead atoms. The van der Waals surface area contributed by atoms with Gasteiger partial charge in [-0.15, -0.1) is 0 Å². The van der Waals surface area contributed by atoms with E-state index in [0.717, 1.165) is 5.56 Å². The first-order chi connectivity index (χ1) is 6.20. The number of halogens is 1. The zero-order chi connectivity index (χ0) is 9.84. The van der Waals surface area contributed by atoms with Gasteiger partial charge in [-0.2, -0.15) is 5.26 Å². The summed E-state index contributed by atoms with van der Waals surface area (Å²) < 4.78 is 12.5. The summed E-state index contributed by atoms with van der Waals surface area (Å²) in [4.78, 5) is 0. The van der Waals surface area contributed by atoms with E-state index in [1.165, 1.54) is 0 Å². The molecule has 2 heteroatoms. The normalized spacial score (nSPS) is 10.1. The summed E-state index contributed by atoms with van der Waals surface area (Å²) in [5.41, 5.74) is 1.92. The third-order valence-electron chi connectivity index (χ3n) is 2.06. The van der Waals surface area contributed by atoms with Gasteiger partial charge in [0.1, 0.15) is 6.67 Å². The Labute approximate surface area is 77.8 Å². The van der Waals surface area contributed by atoms with Crippen molar-refractivity contribution in [2.75, 3.05) is 0 Å². The van der Waals surface area contributed by atoms with Crippen molar-refractivity contribution in [1.82, 2.24) is 0 Å². The van der Waals surface area contributed by atoms with E-state index in [-0.39, 0.29) is 5.92 Å². The molecule has 0 aromatic heterocycles. The zero-order valence-electron chi connectivity index (χ0n) is 7.84. The topological polar surface area (TPSA) is 23.8 Å². The van der Waals surface area contributed by atoms with Crippen LogP contribution in [0.15, 0.2) is 18.2 Å². The Hall–Kier alpha value is -1.36. The second-order valence-electron chi connectivity index (χ2n) is 3.28. The maximum atomic E-state index is 12.5.